The van der Waals surface area contributed by atoms with Crippen molar-refractivity contribution in [3.05, 3.63) is 17.7 Å². The first-order valence-corrected chi connectivity index (χ1v) is 5.10. The first-order valence-electron chi connectivity index (χ1n) is 5.29. The standard InChI is InChI=1S/C11H16O2S/c1-5-14-11-7-10(13-4)9(12-3)6-8(11)2/h6-7H,5H2,1-4H3/i5+1DH/t5-/m1/s1. The molecule has 0 heterocycles. The highest BCUT2D eigenvalue weighted by Crippen LogP contribution is 2.34. The molecule has 0 radical (unpaired) electrons. The van der Waals surface area contributed by atoms with E-state index in [9.17, 15) is 0 Å². The van der Waals surface area contributed by atoms with E-state index in [2.05, 4.69) is 0 Å². The number of methoxy groups -OCH3 is 2. The molecule has 1 aromatic carbocycles. The second-order valence-electron chi connectivity index (χ2n) is 2.78. The molecule has 0 aliphatic rings. The summed E-state index contributed by atoms with van der Waals surface area (Å²) < 4.78 is 25.5. The predicted molar refractivity (Wildman–Crippen MR) is 60.7 cm³/mol. The minimum atomic E-state index is -1.30. The summed E-state index contributed by atoms with van der Waals surface area (Å²) in [6.45, 7) is 3.46. The fourth-order valence-corrected chi connectivity index (χ4v) is 1.79. The van der Waals surface area contributed by atoms with Crippen molar-refractivity contribution in [1.82, 2.24) is 0 Å². The lowest BCUT2D eigenvalue weighted by Gasteiger charge is -2.11. The van der Waals surface area contributed by atoms with Crippen LogP contribution < -0.4 is 9.47 Å². The maximum Gasteiger partial charge on any atom is 0.161 e. The third-order valence-corrected chi connectivity index (χ3v) is 2.76. The van der Waals surface area contributed by atoms with Crippen molar-refractivity contribution < 1.29 is 12.2 Å². The number of benzene rings is 1. The van der Waals surface area contributed by atoms with Gasteiger partial charge in [-0.2, -0.15) is 0 Å². The molecule has 0 fully saturated rings. The SMILES string of the molecule is [1H][13C@@]([2H])(C)Sc1cc(OC)c(OC)cc1C. The second kappa shape index (κ2) is 5.15. The summed E-state index contributed by atoms with van der Waals surface area (Å²) >= 11 is 1.17. The molecular weight excluding hydrogens is 197 g/mol. The van der Waals surface area contributed by atoms with E-state index in [0.717, 1.165) is 10.5 Å². The van der Waals surface area contributed by atoms with Crippen LogP contribution in [0, 0.1) is 6.92 Å². The monoisotopic (exact) mass is 214 g/mol. The van der Waals surface area contributed by atoms with Crippen molar-refractivity contribution in [3.8, 4) is 11.5 Å². The Hall–Kier alpha value is -0.830. The number of hydrogen-bond donors (Lipinski definition) is 0. The summed E-state index contributed by atoms with van der Waals surface area (Å²) in [6.07, 6.45) is 0. The van der Waals surface area contributed by atoms with Crippen LogP contribution in [0.5, 0.6) is 11.5 Å². The Morgan fingerprint density at radius 3 is 2.50 bits per heavy atom. The van der Waals surface area contributed by atoms with Gasteiger partial charge in [0.2, 0.25) is 0 Å². The van der Waals surface area contributed by atoms with Crippen LogP contribution in [0.25, 0.3) is 0 Å². The average Bonchev–Trinajstić information content (AvgIpc) is 2.18. The van der Waals surface area contributed by atoms with Gasteiger partial charge in [0.05, 0.1) is 14.2 Å². The van der Waals surface area contributed by atoms with Crippen LogP contribution in [0.4, 0.5) is 0 Å². The van der Waals surface area contributed by atoms with Crippen LogP contribution in [0.3, 0.4) is 0 Å². The van der Waals surface area contributed by atoms with E-state index < -0.39 is 5.70 Å². The van der Waals surface area contributed by atoms with Crippen molar-refractivity contribution in [2.45, 2.75) is 18.7 Å². The summed E-state index contributed by atoms with van der Waals surface area (Å²) in [7, 11) is 3.16. The van der Waals surface area contributed by atoms with Crippen LogP contribution in [0.2, 0.25) is 0 Å². The molecule has 1 atom stereocenters. The highest BCUT2D eigenvalue weighted by molar-refractivity contribution is 7.99. The molecule has 0 aliphatic heterocycles. The fourth-order valence-electron chi connectivity index (χ4n) is 1.18. The molecule has 0 aliphatic carbocycles. The van der Waals surface area contributed by atoms with Crippen LogP contribution in [0.1, 0.15) is 15.2 Å². The second-order valence-corrected chi connectivity index (χ2v) is 3.83. The van der Waals surface area contributed by atoms with E-state index in [4.69, 9.17) is 12.2 Å². The lowest BCUT2D eigenvalue weighted by atomic mass is 10.2. The number of thioether (sulfide) groups is 1. The molecular formula is C11H16O2S. The van der Waals surface area contributed by atoms with Gasteiger partial charge in [-0.3, -0.25) is 0 Å². The molecule has 2 nitrogen and oxygen atoms in total. The van der Waals surface area contributed by atoms with Crippen LogP contribution in [-0.4, -0.2) is 19.9 Å². The van der Waals surface area contributed by atoms with Crippen molar-refractivity contribution in [2.75, 3.05) is 19.9 Å². The molecule has 14 heavy (non-hydrogen) atoms. The Labute approximate surface area is 92.4 Å². The minimum Gasteiger partial charge on any atom is -0.493 e. The van der Waals surface area contributed by atoms with Crippen molar-refractivity contribution in [3.63, 3.8) is 0 Å². The topological polar surface area (TPSA) is 18.5 Å². The van der Waals surface area contributed by atoms with Gasteiger partial charge in [-0.05, 0) is 30.3 Å². The summed E-state index contributed by atoms with van der Waals surface area (Å²) in [4.78, 5) is 0.866. The quantitative estimate of drug-likeness (QED) is 0.566. The van der Waals surface area contributed by atoms with Gasteiger partial charge in [0.1, 0.15) is 0 Å². The lowest BCUT2D eigenvalue weighted by Crippen LogP contribution is -1.92. The van der Waals surface area contributed by atoms with Crippen LogP contribution >= 0.6 is 11.8 Å². The summed E-state index contributed by atoms with van der Waals surface area (Å²) in [6, 6.07) is 3.66. The molecule has 3 heteroatoms. The van der Waals surface area contributed by atoms with Crippen molar-refractivity contribution >= 4 is 11.8 Å². The molecule has 0 N–H and O–H groups in total. The first-order chi connectivity index (χ1) is 7.37. The van der Waals surface area contributed by atoms with E-state index in [-0.39, 0.29) is 0 Å². The molecule has 0 saturated heterocycles. The van der Waals surface area contributed by atoms with Gasteiger partial charge >= 0.3 is 0 Å². The smallest absolute Gasteiger partial charge is 0.161 e. The molecule has 0 spiro atoms. The predicted octanol–water partition coefficient (Wildman–Crippen LogP) is 3.12. The normalized spacial score (nSPS) is 16.6. The summed E-state index contributed by atoms with van der Waals surface area (Å²) in [5.41, 5.74) is -0.321. The summed E-state index contributed by atoms with van der Waals surface area (Å²) in [5, 5.41) is 0. The zero-order valence-corrected chi connectivity index (χ0v) is 9.70. The molecule has 0 unspecified atom stereocenters. The minimum absolute atomic E-state index is 0.625. The van der Waals surface area contributed by atoms with E-state index in [1.165, 1.54) is 18.7 Å². The van der Waals surface area contributed by atoms with Gasteiger partial charge in [-0.1, -0.05) is 6.92 Å². The molecule has 1 aromatic rings. The number of hydrogen-bond acceptors (Lipinski definition) is 3. The lowest BCUT2D eigenvalue weighted by molar-refractivity contribution is 0.353. The maximum atomic E-state index is 7.55. The average molecular weight is 214 g/mol. The third kappa shape index (κ3) is 2.35. The van der Waals surface area contributed by atoms with Gasteiger partial charge in [0.25, 0.3) is 0 Å². The van der Waals surface area contributed by atoms with Crippen molar-refractivity contribution in [2.24, 2.45) is 0 Å². The van der Waals surface area contributed by atoms with E-state index >= 15 is 0 Å². The molecule has 78 valence electrons. The number of ether oxygens (including phenoxy) is 2. The largest absolute Gasteiger partial charge is 0.493 e. The van der Waals surface area contributed by atoms with Gasteiger partial charge in [-0.15, -0.1) is 11.8 Å². The highest BCUT2D eigenvalue weighted by Gasteiger charge is 2.07. The Balaban J connectivity index is 3.11. The van der Waals surface area contributed by atoms with Crippen LogP contribution in [-0.2, 0) is 0 Å². The summed E-state index contributed by atoms with van der Waals surface area (Å²) in [5.74, 6) is 1.29. The maximum absolute atomic E-state index is 7.55. The fraction of sp³-hybridized carbons (Fsp3) is 0.455. The molecule has 0 saturated carbocycles. The molecule has 0 aromatic heterocycles. The van der Waals surface area contributed by atoms with E-state index in [1.807, 2.05) is 13.0 Å². The van der Waals surface area contributed by atoms with Gasteiger partial charge in [-0.25, -0.2) is 0 Å². The first kappa shape index (κ1) is 8.48. The Bertz CT molecular complexity index is 375. The zero-order valence-electron chi connectivity index (χ0n) is 10.9. The highest BCUT2D eigenvalue weighted by atomic mass is 32.2. The molecule has 0 bridgehead atoms. The van der Waals surface area contributed by atoms with Gasteiger partial charge in [0, 0.05) is 7.64 Å². The van der Waals surface area contributed by atoms with Crippen LogP contribution in [0.15, 0.2) is 17.0 Å². The van der Waals surface area contributed by atoms with Crippen molar-refractivity contribution in [1.29, 1.82) is 0 Å². The molecule has 1 rings (SSSR count). The number of aryl methyl sites for hydroxylation is 1. The van der Waals surface area contributed by atoms with Gasteiger partial charge in [0.15, 0.2) is 11.5 Å². The zero-order chi connectivity index (χ0) is 12.3. The van der Waals surface area contributed by atoms with E-state index in [0.29, 0.717) is 11.5 Å². The Kier molecular flexibility index (Phi) is 3.12. The Morgan fingerprint density at radius 2 is 2.00 bits per heavy atom. The van der Waals surface area contributed by atoms with E-state index in [1.54, 1.807) is 20.3 Å². The Morgan fingerprint density at radius 1 is 1.43 bits per heavy atom. The molecule has 0 amide bonds. The van der Waals surface area contributed by atoms with Gasteiger partial charge < -0.3 is 9.47 Å². The third-order valence-electron chi connectivity index (χ3n) is 1.89. The number of rotatable bonds is 4.